The van der Waals surface area contributed by atoms with Gasteiger partial charge in [-0.05, 0) is 12.5 Å². The van der Waals surface area contributed by atoms with Crippen molar-refractivity contribution >= 4 is 5.97 Å². The van der Waals surface area contributed by atoms with Gasteiger partial charge in [0.15, 0.2) is 0 Å². The minimum Gasteiger partial charge on any atom is -0.481 e. The third-order valence-electron chi connectivity index (χ3n) is 2.51. The Hall–Kier alpha value is -1.42. The smallest absolute Gasteiger partial charge is 0.307 e. The highest BCUT2D eigenvalue weighted by atomic mass is 19.1. The molecule has 16 heavy (non-hydrogen) atoms. The van der Waals surface area contributed by atoms with E-state index in [1.54, 1.807) is 18.2 Å². The summed E-state index contributed by atoms with van der Waals surface area (Å²) in [6.07, 6.45) is 0.569. The molecule has 0 heterocycles. The second kappa shape index (κ2) is 6.23. The lowest BCUT2D eigenvalue weighted by Crippen LogP contribution is -2.27. The zero-order valence-corrected chi connectivity index (χ0v) is 9.24. The summed E-state index contributed by atoms with van der Waals surface area (Å²) in [5.41, 5.74) is 0.558. The van der Waals surface area contributed by atoms with Crippen molar-refractivity contribution in [2.75, 3.05) is 6.54 Å². The van der Waals surface area contributed by atoms with E-state index in [1.807, 2.05) is 6.92 Å². The number of carboxylic acids is 1. The molecule has 0 amide bonds. The monoisotopic (exact) mass is 225 g/mol. The molecule has 2 N–H and O–H groups in total. The lowest BCUT2D eigenvalue weighted by Gasteiger charge is -2.11. The van der Waals surface area contributed by atoms with Crippen LogP contribution in [0.3, 0.4) is 0 Å². The van der Waals surface area contributed by atoms with Crippen molar-refractivity contribution in [1.29, 1.82) is 0 Å². The Morgan fingerprint density at radius 3 is 2.75 bits per heavy atom. The quantitative estimate of drug-likeness (QED) is 0.778. The van der Waals surface area contributed by atoms with Crippen molar-refractivity contribution in [3.8, 4) is 0 Å². The van der Waals surface area contributed by atoms with Gasteiger partial charge in [0.25, 0.3) is 0 Å². The number of carboxylic acid groups (broad SMARTS) is 1. The van der Waals surface area contributed by atoms with Crippen LogP contribution in [0.15, 0.2) is 24.3 Å². The summed E-state index contributed by atoms with van der Waals surface area (Å²) in [6.45, 7) is 2.54. The molecule has 0 saturated heterocycles. The van der Waals surface area contributed by atoms with Gasteiger partial charge in [-0.15, -0.1) is 0 Å². The Morgan fingerprint density at radius 2 is 2.19 bits per heavy atom. The fraction of sp³-hybridized carbons (Fsp3) is 0.417. The van der Waals surface area contributed by atoms with E-state index in [1.165, 1.54) is 6.07 Å². The van der Waals surface area contributed by atoms with Gasteiger partial charge >= 0.3 is 5.97 Å². The zero-order chi connectivity index (χ0) is 12.0. The van der Waals surface area contributed by atoms with Gasteiger partial charge in [-0.1, -0.05) is 25.1 Å². The van der Waals surface area contributed by atoms with Crippen LogP contribution in [0.5, 0.6) is 0 Å². The van der Waals surface area contributed by atoms with Gasteiger partial charge in [0.2, 0.25) is 0 Å². The SMILES string of the molecule is CCC(CNCc1ccccc1F)C(=O)O. The van der Waals surface area contributed by atoms with Gasteiger partial charge < -0.3 is 10.4 Å². The van der Waals surface area contributed by atoms with Crippen molar-refractivity contribution in [3.63, 3.8) is 0 Å². The van der Waals surface area contributed by atoms with Crippen LogP contribution < -0.4 is 5.32 Å². The topological polar surface area (TPSA) is 49.3 Å². The maximum absolute atomic E-state index is 13.2. The van der Waals surface area contributed by atoms with Crippen LogP contribution >= 0.6 is 0 Å². The number of benzene rings is 1. The number of hydrogen-bond acceptors (Lipinski definition) is 2. The second-order valence-corrected chi connectivity index (χ2v) is 3.67. The van der Waals surface area contributed by atoms with E-state index in [9.17, 15) is 9.18 Å². The van der Waals surface area contributed by atoms with Gasteiger partial charge in [-0.3, -0.25) is 4.79 Å². The summed E-state index contributed by atoms with van der Waals surface area (Å²) < 4.78 is 13.2. The lowest BCUT2D eigenvalue weighted by molar-refractivity contribution is -0.141. The van der Waals surface area contributed by atoms with Crippen LogP contribution in [0.2, 0.25) is 0 Å². The van der Waals surface area contributed by atoms with Crippen LogP contribution in [0.25, 0.3) is 0 Å². The number of nitrogens with one attached hydrogen (secondary N) is 1. The summed E-state index contributed by atoms with van der Waals surface area (Å²) >= 11 is 0. The van der Waals surface area contributed by atoms with E-state index >= 15 is 0 Å². The summed E-state index contributed by atoms with van der Waals surface area (Å²) in [7, 11) is 0. The third-order valence-corrected chi connectivity index (χ3v) is 2.51. The van der Waals surface area contributed by atoms with Crippen molar-refractivity contribution in [1.82, 2.24) is 5.32 Å². The first-order valence-electron chi connectivity index (χ1n) is 5.32. The molecular formula is C12H16FNO2. The number of hydrogen-bond donors (Lipinski definition) is 2. The molecule has 1 rings (SSSR count). The molecule has 0 bridgehead atoms. The van der Waals surface area contributed by atoms with E-state index in [0.717, 1.165) is 0 Å². The molecular weight excluding hydrogens is 209 g/mol. The predicted molar refractivity (Wildman–Crippen MR) is 59.5 cm³/mol. The van der Waals surface area contributed by atoms with Crippen LogP contribution in [0, 0.1) is 11.7 Å². The summed E-state index contributed by atoms with van der Waals surface area (Å²) in [5, 5.41) is 11.8. The number of aliphatic carboxylic acids is 1. The van der Waals surface area contributed by atoms with Gasteiger partial charge in [0, 0.05) is 18.7 Å². The molecule has 0 saturated carbocycles. The second-order valence-electron chi connectivity index (χ2n) is 3.67. The normalized spacial score (nSPS) is 12.4. The molecule has 0 aliphatic heterocycles. The largest absolute Gasteiger partial charge is 0.481 e. The summed E-state index contributed by atoms with van der Waals surface area (Å²) in [6, 6.07) is 6.47. The van der Waals surface area contributed by atoms with E-state index in [4.69, 9.17) is 5.11 Å². The van der Waals surface area contributed by atoms with Crippen LogP contribution in [-0.2, 0) is 11.3 Å². The first-order chi connectivity index (χ1) is 7.65. The van der Waals surface area contributed by atoms with Crippen molar-refractivity contribution in [2.24, 2.45) is 5.92 Å². The molecule has 1 aromatic carbocycles. The molecule has 0 aromatic heterocycles. The molecule has 0 aliphatic carbocycles. The molecule has 1 atom stereocenters. The Bertz CT molecular complexity index is 355. The Balaban J connectivity index is 2.41. The fourth-order valence-electron chi connectivity index (χ4n) is 1.43. The molecule has 3 nitrogen and oxygen atoms in total. The third kappa shape index (κ3) is 3.62. The molecule has 0 aliphatic rings. The van der Waals surface area contributed by atoms with Gasteiger partial charge in [0.1, 0.15) is 5.82 Å². The van der Waals surface area contributed by atoms with Gasteiger partial charge in [-0.25, -0.2) is 4.39 Å². The van der Waals surface area contributed by atoms with Crippen molar-refractivity contribution < 1.29 is 14.3 Å². The molecule has 4 heteroatoms. The Labute approximate surface area is 94.3 Å². The Morgan fingerprint density at radius 1 is 1.50 bits per heavy atom. The zero-order valence-electron chi connectivity index (χ0n) is 9.24. The molecule has 88 valence electrons. The van der Waals surface area contributed by atoms with Gasteiger partial charge in [-0.2, -0.15) is 0 Å². The highest BCUT2D eigenvalue weighted by Gasteiger charge is 2.14. The summed E-state index contributed by atoms with van der Waals surface area (Å²) in [5.74, 6) is -1.49. The first-order valence-corrected chi connectivity index (χ1v) is 5.32. The highest BCUT2D eigenvalue weighted by molar-refractivity contribution is 5.70. The average molecular weight is 225 g/mol. The van der Waals surface area contributed by atoms with Crippen molar-refractivity contribution in [3.05, 3.63) is 35.6 Å². The Kier molecular flexibility index (Phi) is 4.92. The van der Waals surface area contributed by atoms with E-state index in [2.05, 4.69) is 5.32 Å². The summed E-state index contributed by atoms with van der Waals surface area (Å²) in [4.78, 5) is 10.7. The van der Waals surface area contributed by atoms with Crippen LogP contribution in [0.4, 0.5) is 4.39 Å². The maximum Gasteiger partial charge on any atom is 0.307 e. The number of carbonyl (C=O) groups is 1. The van der Waals surface area contributed by atoms with Gasteiger partial charge in [0.05, 0.1) is 5.92 Å². The lowest BCUT2D eigenvalue weighted by atomic mass is 10.1. The minimum absolute atomic E-state index is 0.265. The molecule has 1 unspecified atom stereocenters. The number of halogens is 1. The maximum atomic E-state index is 13.2. The molecule has 0 fully saturated rings. The van der Waals surface area contributed by atoms with Crippen LogP contribution in [0.1, 0.15) is 18.9 Å². The van der Waals surface area contributed by atoms with Crippen LogP contribution in [-0.4, -0.2) is 17.6 Å². The standard InChI is InChI=1S/C12H16FNO2/c1-2-9(12(15)16)7-14-8-10-5-3-4-6-11(10)13/h3-6,9,14H,2,7-8H2,1H3,(H,15,16). The predicted octanol–water partition coefficient (Wildman–Crippen LogP) is 2.03. The minimum atomic E-state index is -0.816. The van der Waals surface area contributed by atoms with E-state index < -0.39 is 11.9 Å². The molecule has 0 radical (unpaired) electrons. The molecule has 0 spiro atoms. The first kappa shape index (κ1) is 12.6. The fourth-order valence-corrected chi connectivity index (χ4v) is 1.43. The van der Waals surface area contributed by atoms with E-state index in [0.29, 0.717) is 25.1 Å². The highest BCUT2D eigenvalue weighted by Crippen LogP contribution is 2.06. The average Bonchev–Trinajstić information content (AvgIpc) is 2.26. The molecule has 1 aromatic rings. The number of rotatable bonds is 6. The van der Waals surface area contributed by atoms with E-state index in [-0.39, 0.29) is 5.82 Å². The van der Waals surface area contributed by atoms with Crippen molar-refractivity contribution in [2.45, 2.75) is 19.9 Å².